The molecule has 0 saturated heterocycles. The molecule has 0 spiro atoms. The lowest BCUT2D eigenvalue weighted by molar-refractivity contribution is -0.368. The van der Waals surface area contributed by atoms with Gasteiger partial charge in [0.05, 0.1) is 24.1 Å². The summed E-state index contributed by atoms with van der Waals surface area (Å²) in [6, 6.07) is 0. The van der Waals surface area contributed by atoms with Gasteiger partial charge in [-0.05, 0) is 32.3 Å². The van der Waals surface area contributed by atoms with Crippen LogP contribution in [0.25, 0.3) is 10.2 Å². The van der Waals surface area contributed by atoms with Gasteiger partial charge in [-0.15, -0.1) is 11.3 Å². The molecule has 148 valence electrons. The number of rotatable bonds is 6. The number of nitrogens with one attached hydrogen (secondary N) is 1. The van der Waals surface area contributed by atoms with Crippen molar-refractivity contribution in [3.63, 3.8) is 0 Å². The topological polar surface area (TPSA) is 110 Å². The molecule has 0 atom stereocenters. The monoisotopic (exact) mass is 395 g/mol. The van der Waals surface area contributed by atoms with Gasteiger partial charge in [-0.1, -0.05) is 0 Å². The van der Waals surface area contributed by atoms with Crippen molar-refractivity contribution in [3.05, 3.63) is 31.3 Å². The Bertz CT molecular complexity index is 986. The number of aryl methyl sites for hydroxylation is 1. The van der Waals surface area contributed by atoms with E-state index in [1.54, 1.807) is 7.05 Å². The summed E-state index contributed by atoms with van der Waals surface area (Å²) >= 11 is 1.42. The Kier molecular flexibility index (Phi) is 5.55. The minimum atomic E-state index is -0.473. The van der Waals surface area contributed by atoms with Crippen LogP contribution in [0.1, 0.15) is 37.1 Å². The van der Waals surface area contributed by atoms with Crippen molar-refractivity contribution < 1.29 is 15.3 Å². The number of quaternary nitrogens is 1. The van der Waals surface area contributed by atoms with Crippen molar-refractivity contribution in [3.8, 4) is 0 Å². The highest BCUT2D eigenvalue weighted by Gasteiger charge is 2.31. The van der Waals surface area contributed by atoms with E-state index in [1.807, 2.05) is 13.8 Å². The second-order valence-corrected chi connectivity index (χ2v) is 8.64. The van der Waals surface area contributed by atoms with E-state index in [1.165, 1.54) is 15.9 Å². The highest BCUT2D eigenvalue weighted by Crippen LogP contribution is 2.36. The number of aromatic nitrogens is 2. The van der Waals surface area contributed by atoms with Crippen LogP contribution in [0.5, 0.6) is 0 Å². The first kappa shape index (κ1) is 19.8. The highest BCUT2D eigenvalue weighted by molar-refractivity contribution is 7.18. The standard InChI is InChI=1S/C18H26N4O4S/c1-18(2)8-11-12(10-26-18)27-16-14(11)15(24)22(17(25)21(16)3)9-13(23)20-7-5-4-6-19/h4-10,19H2,1-3H3,(H,20,23)/p+1. The fourth-order valence-corrected chi connectivity index (χ4v) is 4.53. The number of amides is 1. The predicted molar refractivity (Wildman–Crippen MR) is 104 cm³/mol. The van der Waals surface area contributed by atoms with E-state index in [4.69, 9.17) is 4.74 Å². The molecule has 3 heterocycles. The van der Waals surface area contributed by atoms with Crippen LogP contribution >= 0.6 is 11.3 Å². The van der Waals surface area contributed by atoms with Gasteiger partial charge in [0.1, 0.15) is 11.4 Å². The Balaban J connectivity index is 1.99. The maximum atomic E-state index is 13.1. The van der Waals surface area contributed by atoms with Crippen LogP contribution in [-0.2, 0) is 36.2 Å². The molecule has 9 heteroatoms. The predicted octanol–water partition coefficient (Wildman–Crippen LogP) is -0.249. The maximum absolute atomic E-state index is 13.1. The Morgan fingerprint density at radius 3 is 2.78 bits per heavy atom. The molecule has 0 unspecified atom stereocenters. The molecule has 2 aromatic rings. The third kappa shape index (κ3) is 3.85. The third-order valence-electron chi connectivity index (χ3n) is 4.85. The first-order valence-electron chi connectivity index (χ1n) is 9.19. The van der Waals surface area contributed by atoms with Crippen LogP contribution < -0.4 is 22.3 Å². The molecule has 0 aromatic carbocycles. The summed E-state index contributed by atoms with van der Waals surface area (Å²) < 4.78 is 8.33. The number of fused-ring (bicyclic) bond motifs is 3. The van der Waals surface area contributed by atoms with Crippen LogP contribution in [0.2, 0.25) is 0 Å². The number of carbonyl (C=O) groups is 1. The molecule has 1 amide bonds. The van der Waals surface area contributed by atoms with E-state index in [0.29, 0.717) is 29.8 Å². The van der Waals surface area contributed by atoms with Crippen molar-refractivity contribution in [2.24, 2.45) is 7.05 Å². The zero-order valence-electron chi connectivity index (χ0n) is 16.1. The number of hydrogen-bond acceptors (Lipinski definition) is 5. The molecule has 0 aliphatic carbocycles. The van der Waals surface area contributed by atoms with Gasteiger partial charge in [0.15, 0.2) is 0 Å². The molecule has 0 bridgehead atoms. The Morgan fingerprint density at radius 2 is 2.07 bits per heavy atom. The number of hydrogen-bond donors (Lipinski definition) is 2. The first-order chi connectivity index (χ1) is 12.7. The van der Waals surface area contributed by atoms with Gasteiger partial charge in [0, 0.05) is 24.9 Å². The average molecular weight is 396 g/mol. The van der Waals surface area contributed by atoms with Gasteiger partial charge in [0.2, 0.25) is 5.91 Å². The summed E-state index contributed by atoms with van der Waals surface area (Å²) in [5, 5.41) is 3.31. The largest absolute Gasteiger partial charge is 0.370 e. The zero-order valence-corrected chi connectivity index (χ0v) is 16.9. The van der Waals surface area contributed by atoms with Gasteiger partial charge in [-0.25, -0.2) is 4.79 Å². The summed E-state index contributed by atoms with van der Waals surface area (Å²) in [5.74, 6) is -0.328. The molecule has 1 aliphatic rings. The molecule has 0 saturated carbocycles. The van der Waals surface area contributed by atoms with E-state index in [0.717, 1.165) is 34.4 Å². The van der Waals surface area contributed by atoms with E-state index in [2.05, 4.69) is 11.1 Å². The summed E-state index contributed by atoms with van der Waals surface area (Å²) in [5.41, 5.74) is 3.48. The Labute approximate surface area is 160 Å². The molecule has 0 fully saturated rings. The second kappa shape index (κ2) is 7.57. The van der Waals surface area contributed by atoms with E-state index in [-0.39, 0.29) is 18.1 Å². The lowest BCUT2D eigenvalue weighted by Crippen LogP contribution is -2.50. The summed E-state index contributed by atoms with van der Waals surface area (Å²) in [7, 11) is 1.64. The van der Waals surface area contributed by atoms with Crippen molar-refractivity contribution >= 4 is 27.5 Å². The fourth-order valence-electron chi connectivity index (χ4n) is 3.35. The Morgan fingerprint density at radius 1 is 1.33 bits per heavy atom. The third-order valence-corrected chi connectivity index (χ3v) is 6.13. The van der Waals surface area contributed by atoms with Crippen molar-refractivity contribution in [2.75, 3.05) is 13.1 Å². The molecule has 2 aromatic heterocycles. The van der Waals surface area contributed by atoms with E-state index >= 15 is 0 Å². The number of thiophene rings is 1. The molecular formula is C18H27N4O4S+. The van der Waals surface area contributed by atoms with Crippen LogP contribution in [0.4, 0.5) is 0 Å². The number of unbranched alkanes of at least 4 members (excludes halogenated alkanes) is 1. The summed E-state index contributed by atoms with van der Waals surface area (Å²) in [4.78, 5) is 39.6. The van der Waals surface area contributed by atoms with Crippen LogP contribution in [-0.4, -0.2) is 33.7 Å². The van der Waals surface area contributed by atoms with Crippen molar-refractivity contribution in [1.82, 2.24) is 14.5 Å². The average Bonchev–Trinajstić information content (AvgIpc) is 2.98. The number of ether oxygens (including phenoxy) is 1. The van der Waals surface area contributed by atoms with Gasteiger partial charge >= 0.3 is 5.69 Å². The molecular weight excluding hydrogens is 368 g/mol. The van der Waals surface area contributed by atoms with Gasteiger partial charge < -0.3 is 15.8 Å². The lowest BCUT2D eigenvalue weighted by atomic mass is 9.94. The SMILES string of the molecule is Cn1c(=O)n(CC(=O)NCCCC[NH3+])c(=O)c2c3c(sc21)COC(C)(C)C3. The smallest absolute Gasteiger partial charge is 0.332 e. The molecule has 3 rings (SSSR count). The molecule has 1 aliphatic heterocycles. The lowest BCUT2D eigenvalue weighted by Gasteiger charge is -2.29. The van der Waals surface area contributed by atoms with Crippen LogP contribution in [0, 0.1) is 0 Å². The van der Waals surface area contributed by atoms with E-state index < -0.39 is 11.2 Å². The minimum Gasteiger partial charge on any atom is -0.370 e. The second-order valence-electron chi connectivity index (χ2n) is 7.55. The summed E-state index contributed by atoms with van der Waals surface area (Å²) in [6.07, 6.45) is 2.36. The normalized spacial score (nSPS) is 15.7. The van der Waals surface area contributed by atoms with Gasteiger partial charge in [-0.2, -0.15) is 0 Å². The van der Waals surface area contributed by atoms with E-state index in [9.17, 15) is 14.4 Å². The zero-order chi connectivity index (χ0) is 19.8. The fraction of sp³-hybridized carbons (Fsp3) is 0.611. The Hall–Kier alpha value is -1.97. The highest BCUT2D eigenvalue weighted by atomic mass is 32.1. The maximum Gasteiger partial charge on any atom is 0.332 e. The quantitative estimate of drug-likeness (QED) is 0.657. The molecule has 0 radical (unpaired) electrons. The van der Waals surface area contributed by atoms with Crippen molar-refractivity contribution in [1.29, 1.82) is 0 Å². The molecule has 4 N–H and O–H groups in total. The van der Waals surface area contributed by atoms with Crippen molar-refractivity contribution in [2.45, 2.75) is 51.9 Å². The number of carbonyl (C=O) groups excluding carboxylic acids is 1. The minimum absolute atomic E-state index is 0.268. The first-order valence-corrected chi connectivity index (χ1v) is 10.0. The van der Waals surface area contributed by atoms with Gasteiger partial charge in [-0.3, -0.25) is 18.7 Å². The number of nitrogens with zero attached hydrogens (tertiary/aromatic N) is 2. The van der Waals surface area contributed by atoms with Crippen LogP contribution in [0.15, 0.2) is 9.59 Å². The molecule has 27 heavy (non-hydrogen) atoms. The van der Waals surface area contributed by atoms with Gasteiger partial charge in [0.25, 0.3) is 5.56 Å². The molecule has 8 nitrogen and oxygen atoms in total. The summed E-state index contributed by atoms with van der Waals surface area (Å²) in [6.45, 7) is 5.47. The van der Waals surface area contributed by atoms with Crippen LogP contribution in [0.3, 0.4) is 0 Å².